The molecule has 74 valence electrons. The first-order chi connectivity index (χ1) is 5.74. The van der Waals surface area contributed by atoms with Crippen molar-refractivity contribution in [2.45, 2.75) is 5.75 Å². The Kier molecular flexibility index (Phi) is 2.27. The van der Waals surface area contributed by atoms with Crippen molar-refractivity contribution in [1.82, 2.24) is 0 Å². The topological polar surface area (TPSA) is 57.5 Å². The van der Waals surface area contributed by atoms with Gasteiger partial charge in [-0.15, -0.1) is 0 Å². The zero-order valence-electron chi connectivity index (χ0n) is 7.11. The molecule has 1 aromatic rings. The van der Waals surface area contributed by atoms with Crippen molar-refractivity contribution in [2.24, 2.45) is 0 Å². The van der Waals surface area contributed by atoms with Crippen LogP contribution < -0.4 is 0 Å². The molecule has 0 saturated heterocycles. The highest BCUT2D eigenvalue weighted by atomic mass is 32.3. The summed E-state index contributed by atoms with van der Waals surface area (Å²) in [4.78, 5) is 0. The second kappa shape index (κ2) is 2.87. The van der Waals surface area contributed by atoms with Crippen LogP contribution in [0.1, 0.15) is 5.56 Å². The van der Waals surface area contributed by atoms with Crippen molar-refractivity contribution in [3.63, 3.8) is 0 Å². The van der Waals surface area contributed by atoms with Crippen molar-refractivity contribution < 1.29 is 17.7 Å². The first-order valence-electron chi connectivity index (χ1n) is 3.60. The maximum absolute atomic E-state index is 12.9. The Morgan fingerprint density at radius 2 is 1.92 bits per heavy atom. The zero-order valence-corrected chi connectivity index (χ0v) is 7.92. The minimum absolute atomic E-state index is 0.0343. The second-order valence-electron chi connectivity index (χ2n) is 3.16. The van der Waals surface area contributed by atoms with E-state index in [4.69, 9.17) is 9.11 Å². The molecule has 0 bridgehead atoms. The molecule has 0 aliphatic rings. The van der Waals surface area contributed by atoms with Crippen LogP contribution in [-0.4, -0.2) is 19.6 Å². The lowest BCUT2D eigenvalue weighted by atomic mass is 10.2. The van der Waals surface area contributed by atoms with Crippen LogP contribution in [0.5, 0.6) is 0 Å². The molecule has 0 heterocycles. The summed E-state index contributed by atoms with van der Waals surface area (Å²) in [7, 11) is -4.64. The van der Waals surface area contributed by atoms with Crippen molar-refractivity contribution in [2.75, 3.05) is 6.26 Å². The summed E-state index contributed by atoms with van der Waals surface area (Å²) in [6, 6.07) is 5.55. The van der Waals surface area contributed by atoms with Crippen LogP contribution in [0.4, 0.5) is 4.39 Å². The first-order valence-corrected chi connectivity index (χ1v) is 6.06. The van der Waals surface area contributed by atoms with Crippen molar-refractivity contribution >= 4 is 9.63 Å². The van der Waals surface area contributed by atoms with E-state index in [1.54, 1.807) is 0 Å². The highest BCUT2D eigenvalue weighted by Crippen LogP contribution is 2.20. The number of hydrogen-bond donors (Lipinski definition) is 2. The summed E-state index contributed by atoms with van der Waals surface area (Å²) in [6.07, 6.45) is 0.795. The summed E-state index contributed by atoms with van der Waals surface area (Å²) in [6.45, 7) is 0. The summed E-state index contributed by atoms with van der Waals surface area (Å²) >= 11 is 0. The molecule has 13 heavy (non-hydrogen) atoms. The van der Waals surface area contributed by atoms with E-state index < -0.39 is 21.2 Å². The monoisotopic (exact) mass is 206 g/mol. The minimum atomic E-state index is -4.64. The van der Waals surface area contributed by atoms with E-state index in [-0.39, 0.29) is 5.56 Å². The van der Waals surface area contributed by atoms with Crippen molar-refractivity contribution in [1.29, 1.82) is 0 Å². The van der Waals surface area contributed by atoms with E-state index in [1.165, 1.54) is 24.3 Å². The van der Waals surface area contributed by atoms with E-state index >= 15 is 0 Å². The Balaban J connectivity index is 3.01. The minimum Gasteiger partial charge on any atom is -0.308 e. The van der Waals surface area contributed by atoms with Crippen LogP contribution in [0.15, 0.2) is 24.3 Å². The van der Waals surface area contributed by atoms with Gasteiger partial charge in [-0.05, 0) is 6.07 Å². The Labute approximate surface area is 75.6 Å². The lowest BCUT2D eigenvalue weighted by molar-refractivity contribution is 0.396. The van der Waals surface area contributed by atoms with E-state index in [9.17, 15) is 8.60 Å². The van der Waals surface area contributed by atoms with Crippen LogP contribution in [0.25, 0.3) is 0 Å². The predicted octanol–water partition coefficient (Wildman–Crippen LogP) is 1.72. The molecule has 2 N–H and O–H groups in total. The molecule has 1 rings (SSSR count). The fourth-order valence-corrected chi connectivity index (χ4v) is 1.92. The quantitative estimate of drug-likeness (QED) is 0.774. The van der Waals surface area contributed by atoms with Crippen LogP contribution in [-0.2, 0) is 15.4 Å². The molecule has 0 spiro atoms. The summed E-state index contributed by atoms with van der Waals surface area (Å²) in [5.74, 6) is -1.17. The van der Waals surface area contributed by atoms with Gasteiger partial charge in [0.2, 0.25) is 0 Å². The number of hydrogen-bond acceptors (Lipinski definition) is 1. The molecule has 0 fully saturated rings. The average Bonchev–Trinajstić information content (AvgIpc) is 1.89. The van der Waals surface area contributed by atoms with E-state index in [0.29, 0.717) is 0 Å². The van der Waals surface area contributed by atoms with Gasteiger partial charge >= 0.3 is 0 Å². The number of halogens is 1. The van der Waals surface area contributed by atoms with E-state index in [0.717, 1.165) is 6.26 Å². The molecule has 0 saturated carbocycles. The predicted molar refractivity (Wildman–Crippen MR) is 49.4 cm³/mol. The molecule has 0 aliphatic heterocycles. The molecular formula is C8H11FO3S. The van der Waals surface area contributed by atoms with Gasteiger partial charge in [-0.2, -0.15) is 0 Å². The first kappa shape index (κ1) is 10.3. The van der Waals surface area contributed by atoms with Crippen LogP contribution >= 0.6 is 0 Å². The lowest BCUT2D eigenvalue weighted by Gasteiger charge is -2.25. The third-order valence-electron chi connectivity index (χ3n) is 1.45. The largest absolute Gasteiger partial charge is 0.308 e. The van der Waals surface area contributed by atoms with Crippen molar-refractivity contribution in [3.05, 3.63) is 35.6 Å². The maximum Gasteiger partial charge on any atom is 0.127 e. The van der Waals surface area contributed by atoms with Crippen LogP contribution in [0.3, 0.4) is 0 Å². The Morgan fingerprint density at radius 3 is 2.38 bits per heavy atom. The zero-order chi connectivity index (χ0) is 10.1. The molecule has 5 heteroatoms. The van der Waals surface area contributed by atoms with Gasteiger partial charge < -0.3 is 9.11 Å². The summed E-state index contributed by atoms with van der Waals surface area (Å²) < 4.78 is 42.0. The number of benzene rings is 1. The average molecular weight is 206 g/mol. The van der Waals surface area contributed by atoms with E-state index in [2.05, 4.69) is 0 Å². The molecule has 3 nitrogen and oxygen atoms in total. The van der Waals surface area contributed by atoms with Crippen molar-refractivity contribution in [3.8, 4) is 0 Å². The van der Waals surface area contributed by atoms with Gasteiger partial charge in [-0.1, -0.05) is 18.2 Å². The van der Waals surface area contributed by atoms with Crippen LogP contribution in [0.2, 0.25) is 0 Å². The van der Waals surface area contributed by atoms with Gasteiger partial charge in [-0.25, -0.2) is 8.60 Å². The normalized spacial score (nSPS) is 14.9. The molecule has 0 amide bonds. The smallest absolute Gasteiger partial charge is 0.127 e. The summed E-state index contributed by atoms with van der Waals surface area (Å²) in [5.41, 5.74) is 0.0343. The van der Waals surface area contributed by atoms with Gasteiger partial charge in [0.05, 0.1) is 15.4 Å². The van der Waals surface area contributed by atoms with Crippen LogP contribution in [0, 0.1) is 5.82 Å². The molecule has 0 atom stereocenters. The SMILES string of the molecule is CS(=O)(O)(O)Cc1ccccc1F. The van der Waals surface area contributed by atoms with E-state index in [1.807, 2.05) is 0 Å². The van der Waals surface area contributed by atoms with Gasteiger partial charge in [0.1, 0.15) is 5.82 Å². The molecule has 0 unspecified atom stereocenters. The fraction of sp³-hybridized carbons (Fsp3) is 0.250. The Morgan fingerprint density at radius 1 is 1.38 bits per heavy atom. The second-order valence-corrected chi connectivity index (χ2v) is 6.31. The Hall–Kier alpha value is -0.780. The van der Waals surface area contributed by atoms with Gasteiger partial charge in [-0.3, -0.25) is 0 Å². The third kappa shape index (κ3) is 3.63. The molecule has 0 aliphatic carbocycles. The van der Waals surface area contributed by atoms with Gasteiger partial charge in [0, 0.05) is 11.8 Å². The molecule has 0 aromatic heterocycles. The number of rotatable bonds is 2. The molecular weight excluding hydrogens is 195 g/mol. The maximum atomic E-state index is 12.9. The third-order valence-corrected chi connectivity index (χ3v) is 2.42. The highest BCUT2D eigenvalue weighted by Gasteiger charge is 2.24. The summed E-state index contributed by atoms with van der Waals surface area (Å²) in [5, 5.41) is 0. The Bertz CT molecular complexity index is 372. The van der Waals surface area contributed by atoms with Gasteiger partial charge in [0.15, 0.2) is 0 Å². The lowest BCUT2D eigenvalue weighted by Crippen LogP contribution is -2.31. The highest BCUT2D eigenvalue weighted by molar-refractivity contribution is 8.08. The molecule has 1 aromatic carbocycles. The standard InChI is InChI=1S/C8H11FO3S/c1-13(10,11,12)6-7-4-2-3-5-8(7)9/h2-5H,6H2,1H3,(H2,10,11,12). The fourth-order valence-electron chi connectivity index (χ4n) is 0.974. The van der Waals surface area contributed by atoms with Gasteiger partial charge in [0.25, 0.3) is 0 Å². The molecule has 0 radical (unpaired) electrons.